The number of carbonyl (C=O) groups excluding carboxylic acids is 1. The predicted molar refractivity (Wildman–Crippen MR) is 68.5 cm³/mol. The molecule has 2 aromatic heterocycles. The molecule has 0 aliphatic carbocycles. The van der Waals surface area contributed by atoms with Crippen LogP contribution >= 0.6 is 27.3 Å². The molecule has 4 nitrogen and oxygen atoms in total. The van der Waals surface area contributed by atoms with Crippen molar-refractivity contribution in [3.63, 3.8) is 0 Å². The summed E-state index contributed by atoms with van der Waals surface area (Å²) in [6, 6.07) is 3.44. The molecule has 88 valence electrons. The number of aromatic nitrogens is 2. The van der Waals surface area contributed by atoms with E-state index in [9.17, 15) is 4.79 Å². The van der Waals surface area contributed by atoms with Crippen LogP contribution in [0.25, 0.3) is 0 Å². The van der Waals surface area contributed by atoms with Crippen LogP contribution in [0.1, 0.15) is 21.1 Å². The molecular formula is C11H9BrN2O2S. The van der Waals surface area contributed by atoms with Crippen molar-refractivity contribution < 1.29 is 9.53 Å². The van der Waals surface area contributed by atoms with Gasteiger partial charge in [-0.15, -0.1) is 0 Å². The lowest BCUT2D eigenvalue weighted by molar-refractivity contribution is 0.0728. The van der Waals surface area contributed by atoms with Crippen LogP contribution in [0.4, 0.5) is 0 Å². The Bertz CT molecular complexity index is 548. The molecule has 17 heavy (non-hydrogen) atoms. The topological polar surface area (TPSA) is 52.1 Å². The third-order valence-corrected chi connectivity index (χ3v) is 3.16. The van der Waals surface area contributed by atoms with Crippen molar-refractivity contribution >= 4 is 33.2 Å². The van der Waals surface area contributed by atoms with E-state index in [-0.39, 0.29) is 5.69 Å². The van der Waals surface area contributed by atoms with E-state index in [1.807, 2.05) is 19.9 Å². The molecule has 2 aromatic rings. The molecular weight excluding hydrogens is 304 g/mol. The number of ether oxygens (including phenoxy) is 1. The molecule has 0 amide bonds. The van der Waals surface area contributed by atoms with Gasteiger partial charge in [-0.2, -0.15) is 0 Å². The summed E-state index contributed by atoms with van der Waals surface area (Å²) in [6.45, 7) is 3.71. The van der Waals surface area contributed by atoms with Gasteiger partial charge in [0, 0.05) is 21.2 Å². The first-order valence-corrected chi connectivity index (χ1v) is 6.44. The molecule has 2 rings (SSSR count). The molecule has 0 saturated carbocycles. The minimum absolute atomic E-state index is 0.268. The van der Waals surface area contributed by atoms with Crippen LogP contribution in [-0.4, -0.2) is 15.9 Å². The van der Waals surface area contributed by atoms with E-state index in [2.05, 4.69) is 25.9 Å². The van der Waals surface area contributed by atoms with Crippen molar-refractivity contribution in [1.29, 1.82) is 0 Å². The van der Waals surface area contributed by atoms with E-state index in [4.69, 9.17) is 4.74 Å². The molecule has 0 aromatic carbocycles. The Kier molecular flexibility index (Phi) is 3.54. The van der Waals surface area contributed by atoms with E-state index in [1.165, 1.54) is 11.3 Å². The third-order valence-electron chi connectivity index (χ3n) is 1.91. The summed E-state index contributed by atoms with van der Waals surface area (Å²) in [6.07, 6.45) is 1.66. The van der Waals surface area contributed by atoms with Gasteiger partial charge in [-0.1, -0.05) is 27.3 Å². The summed E-state index contributed by atoms with van der Waals surface area (Å²) >= 11 is 4.64. The molecule has 0 bridgehead atoms. The summed E-state index contributed by atoms with van der Waals surface area (Å²) in [5.41, 5.74) is 1.02. The number of hydrogen-bond donors (Lipinski definition) is 0. The van der Waals surface area contributed by atoms with E-state index in [1.54, 1.807) is 12.3 Å². The molecule has 0 unspecified atom stereocenters. The van der Waals surface area contributed by atoms with Crippen LogP contribution in [0.5, 0.6) is 5.19 Å². The Morgan fingerprint density at radius 1 is 1.41 bits per heavy atom. The van der Waals surface area contributed by atoms with Crippen LogP contribution in [0.15, 0.2) is 22.8 Å². The van der Waals surface area contributed by atoms with Crippen LogP contribution in [-0.2, 0) is 0 Å². The van der Waals surface area contributed by atoms with Gasteiger partial charge in [0.2, 0.25) is 0 Å². The first-order valence-electron chi connectivity index (χ1n) is 4.83. The number of esters is 1. The van der Waals surface area contributed by atoms with Crippen molar-refractivity contribution in [2.24, 2.45) is 0 Å². The first kappa shape index (κ1) is 12.2. The molecule has 0 aliphatic rings. The van der Waals surface area contributed by atoms with E-state index < -0.39 is 5.97 Å². The Hall–Kier alpha value is -1.27. The zero-order chi connectivity index (χ0) is 12.4. The van der Waals surface area contributed by atoms with Gasteiger partial charge >= 0.3 is 5.97 Å². The Labute approximate surface area is 111 Å². The standard InChI is InChI=1S/C11H9BrN2O2S/c1-6-3-8(12)4-9(14-6)10(15)16-11-13-5-7(2)17-11/h3-5H,1-2H3. The van der Waals surface area contributed by atoms with Crippen molar-refractivity contribution in [2.45, 2.75) is 13.8 Å². The lowest BCUT2D eigenvalue weighted by Gasteiger charge is -2.01. The molecule has 0 spiro atoms. The molecule has 0 aliphatic heterocycles. The van der Waals surface area contributed by atoms with Gasteiger partial charge in [-0.25, -0.2) is 14.8 Å². The number of halogens is 1. The fraction of sp³-hybridized carbons (Fsp3) is 0.182. The largest absolute Gasteiger partial charge is 0.393 e. The van der Waals surface area contributed by atoms with E-state index in [0.717, 1.165) is 15.0 Å². The van der Waals surface area contributed by atoms with Gasteiger partial charge in [-0.3, -0.25) is 0 Å². The highest BCUT2D eigenvalue weighted by Gasteiger charge is 2.13. The Balaban J connectivity index is 2.19. The number of hydrogen-bond acceptors (Lipinski definition) is 5. The highest BCUT2D eigenvalue weighted by Crippen LogP contribution is 2.21. The predicted octanol–water partition coefficient (Wildman–Crippen LogP) is 3.14. The molecule has 0 saturated heterocycles. The zero-order valence-electron chi connectivity index (χ0n) is 9.23. The quantitative estimate of drug-likeness (QED) is 0.799. The average Bonchev–Trinajstić information content (AvgIpc) is 2.62. The Morgan fingerprint density at radius 2 is 2.18 bits per heavy atom. The number of carbonyl (C=O) groups is 1. The summed E-state index contributed by atoms with van der Waals surface area (Å²) in [5, 5.41) is 0.340. The van der Waals surface area contributed by atoms with Crippen LogP contribution < -0.4 is 4.74 Å². The lowest BCUT2D eigenvalue weighted by atomic mass is 10.3. The monoisotopic (exact) mass is 312 g/mol. The normalized spacial score (nSPS) is 10.3. The van der Waals surface area contributed by atoms with Gasteiger partial charge in [-0.05, 0) is 26.0 Å². The van der Waals surface area contributed by atoms with Crippen LogP contribution in [0.2, 0.25) is 0 Å². The number of rotatable bonds is 2. The first-order chi connectivity index (χ1) is 8.04. The summed E-state index contributed by atoms with van der Waals surface area (Å²) < 4.78 is 5.91. The summed E-state index contributed by atoms with van der Waals surface area (Å²) in [5.74, 6) is -0.497. The van der Waals surface area contributed by atoms with Crippen LogP contribution in [0.3, 0.4) is 0 Å². The van der Waals surface area contributed by atoms with Crippen molar-refractivity contribution in [1.82, 2.24) is 9.97 Å². The second-order valence-electron chi connectivity index (χ2n) is 3.44. The SMILES string of the molecule is Cc1cc(Br)cc(C(=O)Oc2ncc(C)s2)n1. The zero-order valence-corrected chi connectivity index (χ0v) is 11.6. The van der Waals surface area contributed by atoms with Gasteiger partial charge in [0.1, 0.15) is 5.69 Å². The van der Waals surface area contributed by atoms with Crippen molar-refractivity contribution in [3.05, 3.63) is 39.1 Å². The highest BCUT2D eigenvalue weighted by atomic mass is 79.9. The second kappa shape index (κ2) is 4.93. The van der Waals surface area contributed by atoms with Crippen molar-refractivity contribution in [3.8, 4) is 5.19 Å². The van der Waals surface area contributed by atoms with Gasteiger partial charge in [0.15, 0.2) is 0 Å². The Morgan fingerprint density at radius 3 is 2.76 bits per heavy atom. The maximum Gasteiger partial charge on any atom is 0.364 e. The maximum atomic E-state index is 11.8. The molecule has 2 heterocycles. The smallest absolute Gasteiger partial charge is 0.364 e. The van der Waals surface area contributed by atoms with Gasteiger partial charge in [0.25, 0.3) is 5.19 Å². The van der Waals surface area contributed by atoms with Gasteiger partial charge < -0.3 is 4.74 Å². The minimum atomic E-state index is -0.497. The second-order valence-corrected chi connectivity index (χ2v) is 5.55. The fourth-order valence-corrected chi connectivity index (χ4v) is 2.40. The van der Waals surface area contributed by atoms with Gasteiger partial charge in [0.05, 0.1) is 0 Å². The van der Waals surface area contributed by atoms with E-state index in [0.29, 0.717) is 5.19 Å². The number of thiazole rings is 1. The van der Waals surface area contributed by atoms with Crippen LogP contribution in [0, 0.1) is 13.8 Å². The summed E-state index contributed by atoms with van der Waals surface area (Å²) in [7, 11) is 0. The summed E-state index contributed by atoms with van der Waals surface area (Å²) in [4.78, 5) is 20.9. The number of nitrogens with zero attached hydrogens (tertiary/aromatic N) is 2. The maximum absolute atomic E-state index is 11.8. The minimum Gasteiger partial charge on any atom is -0.393 e. The fourth-order valence-electron chi connectivity index (χ4n) is 1.24. The molecule has 6 heteroatoms. The average molecular weight is 313 g/mol. The number of pyridine rings is 1. The molecule has 0 N–H and O–H groups in total. The lowest BCUT2D eigenvalue weighted by Crippen LogP contribution is -2.11. The van der Waals surface area contributed by atoms with Crippen molar-refractivity contribution in [2.75, 3.05) is 0 Å². The molecule has 0 atom stereocenters. The number of aryl methyl sites for hydroxylation is 2. The third kappa shape index (κ3) is 3.10. The molecule has 0 radical (unpaired) electrons. The highest BCUT2D eigenvalue weighted by molar-refractivity contribution is 9.10. The molecule has 0 fully saturated rings. The van der Waals surface area contributed by atoms with E-state index >= 15 is 0 Å².